The van der Waals surface area contributed by atoms with E-state index >= 15 is 0 Å². The van der Waals surface area contributed by atoms with Gasteiger partial charge in [-0.2, -0.15) is 0 Å². The normalized spacial score (nSPS) is 10.4. The fourth-order valence-corrected chi connectivity index (χ4v) is 2.25. The van der Waals surface area contributed by atoms with Crippen LogP contribution >= 0.6 is 11.8 Å². The van der Waals surface area contributed by atoms with Gasteiger partial charge in [0.05, 0.1) is 0 Å². The second kappa shape index (κ2) is 6.91. The van der Waals surface area contributed by atoms with Crippen LogP contribution in [0.3, 0.4) is 0 Å². The first kappa shape index (κ1) is 11.6. The molecule has 0 bridgehead atoms. The van der Waals surface area contributed by atoms with Gasteiger partial charge in [-0.05, 0) is 43.8 Å². The van der Waals surface area contributed by atoms with E-state index in [1.54, 1.807) is 0 Å². The molecule has 1 nitrogen and oxygen atoms in total. The lowest BCUT2D eigenvalue weighted by Gasteiger charge is -2.05. The number of aryl methyl sites for hydroxylation is 1. The third-order valence-electron chi connectivity index (χ3n) is 2.10. The molecule has 0 saturated carbocycles. The number of hydrogen-bond acceptors (Lipinski definition) is 2. The maximum Gasteiger partial charge on any atom is 0.0101 e. The SMILES string of the molecule is CCNCCCSc1ccccc1C. The second-order valence-electron chi connectivity index (χ2n) is 3.32. The van der Waals surface area contributed by atoms with Crippen LogP contribution in [0, 0.1) is 6.92 Å². The molecule has 0 saturated heterocycles. The fraction of sp³-hybridized carbons (Fsp3) is 0.500. The van der Waals surface area contributed by atoms with Gasteiger partial charge in [-0.1, -0.05) is 25.1 Å². The number of rotatable bonds is 6. The van der Waals surface area contributed by atoms with Crippen LogP contribution in [-0.4, -0.2) is 18.8 Å². The molecule has 2 heteroatoms. The molecule has 14 heavy (non-hydrogen) atoms. The van der Waals surface area contributed by atoms with E-state index in [2.05, 4.69) is 43.4 Å². The predicted octanol–water partition coefficient (Wildman–Crippen LogP) is 3.09. The molecule has 0 fully saturated rings. The summed E-state index contributed by atoms with van der Waals surface area (Å²) in [5.41, 5.74) is 1.39. The minimum atomic E-state index is 1.08. The Morgan fingerprint density at radius 2 is 2.07 bits per heavy atom. The molecule has 0 amide bonds. The monoisotopic (exact) mass is 209 g/mol. The molecule has 1 N–H and O–H groups in total. The van der Waals surface area contributed by atoms with Gasteiger partial charge in [-0.3, -0.25) is 0 Å². The Labute approximate surface area is 91.3 Å². The van der Waals surface area contributed by atoms with Crippen molar-refractivity contribution in [2.75, 3.05) is 18.8 Å². The maximum atomic E-state index is 3.34. The van der Waals surface area contributed by atoms with Crippen molar-refractivity contribution in [3.05, 3.63) is 29.8 Å². The minimum absolute atomic E-state index is 1.08. The molecule has 0 aliphatic rings. The minimum Gasteiger partial charge on any atom is -0.317 e. The Bertz CT molecular complexity index is 260. The molecule has 1 rings (SSSR count). The molecule has 1 aromatic carbocycles. The zero-order chi connectivity index (χ0) is 10.2. The zero-order valence-electron chi connectivity index (χ0n) is 9.05. The van der Waals surface area contributed by atoms with Crippen LogP contribution in [0.1, 0.15) is 18.9 Å². The lowest BCUT2D eigenvalue weighted by Crippen LogP contribution is -2.14. The van der Waals surface area contributed by atoms with E-state index in [1.165, 1.54) is 22.6 Å². The van der Waals surface area contributed by atoms with Gasteiger partial charge in [0.2, 0.25) is 0 Å². The average Bonchev–Trinajstić information content (AvgIpc) is 2.20. The van der Waals surface area contributed by atoms with E-state index in [1.807, 2.05) is 11.8 Å². The van der Waals surface area contributed by atoms with E-state index in [4.69, 9.17) is 0 Å². The van der Waals surface area contributed by atoms with Gasteiger partial charge in [0.1, 0.15) is 0 Å². The van der Waals surface area contributed by atoms with Crippen molar-refractivity contribution in [3.63, 3.8) is 0 Å². The van der Waals surface area contributed by atoms with Crippen molar-refractivity contribution >= 4 is 11.8 Å². The molecule has 0 unspecified atom stereocenters. The molecule has 1 aromatic rings. The summed E-state index contributed by atoms with van der Waals surface area (Å²) in [6, 6.07) is 8.58. The summed E-state index contributed by atoms with van der Waals surface area (Å²) in [5, 5.41) is 3.34. The Balaban J connectivity index is 2.21. The molecule has 0 atom stereocenters. The van der Waals surface area contributed by atoms with E-state index < -0.39 is 0 Å². The smallest absolute Gasteiger partial charge is 0.0101 e. The molecule has 0 radical (unpaired) electrons. The lowest BCUT2D eigenvalue weighted by atomic mass is 10.2. The van der Waals surface area contributed by atoms with Gasteiger partial charge < -0.3 is 5.32 Å². The highest BCUT2D eigenvalue weighted by molar-refractivity contribution is 7.99. The molecule has 0 aliphatic heterocycles. The van der Waals surface area contributed by atoms with Gasteiger partial charge in [0, 0.05) is 4.90 Å². The van der Waals surface area contributed by atoms with Crippen LogP contribution in [0.4, 0.5) is 0 Å². The molecule has 0 spiro atoms. The van der Waals surface area contributed by atoms with E-state index in [9.17, 15) is 0 Å². The molecule has 0 aliphatic carbocycles. The molecule has 78 valence electrons. The molecule has 0 heterocycles. The summed E-state index contributed by atoms with van der Waals surface area (Å²) in [6.07, 6.45) is 1.24. The number of benzene rings is 1. The number of nitrogens with one attached hydrogen (secondary N) is 1. The Morgan fingerprint density at radius 3 is 2.79 bits per heavy atom. The highest BCUT2D eigenvalue weighted by Gasteiger charge is 1.96. The average molecular weight is 209 g/mol. The summed E-state index contributed by atoms with van der Waals surface area (Å²) in [7, 11) is 0. The first-order valence-electron chi connectivity index (χ1n) is 5.23. The van der Waals surface area contributed by atoms with Crippen LogP contribution in [0.15, 0.2) is 29.2 Å². The predicted molar refractivity (Wildman–Crippen MR) is 65.1 cm³/mol. The van der Waals surface area contributed by atoms with Crippen LogP contribution in [0.2, 0.25) is 0 Å². The van der Waals surface area contributed by atoms with Crippen LogP contribution in [0.5, 0.6) is 0 Å². The van der Waals surface area contributed by atoms with Crippen LogP contribution < -0.4 is 5.32 Å². The first-order valence-corrected chi connectivity index (χ1v) is 6.22. The Kier molecular flexibility index (Phi) is 5.72. The highest BCUT2D eigenvalue weighted by atomic mass is 32.2. The number of hydrogen-bond donors (Lipinski definition) is 1. The number of thioether (sulfide) groups is 1. The molecular weight excluding hydrogens is 190 g/mol. The summed E-state index contributed by atoms with van der Waals surface area (Å²) in [4.78, 5) is 1.42. The third-order valence-corrected chi connectivity index (χ3v) is 3.36. The zero-order valence-corrected chi connectivity index (χ0v) is 9.86. The lowest BCUT2D eigenvalue weighted by molar-refractivity contribution is 0.707. The summed E-state index contributed by atoms with van der Waals surface area (Å²) in [5.74, 6) is 1.21. The van der Waals surface area contributed by atoms with Gasteiger partial charge in [0.15, 0.2) is 0 Å². The highest BCUT2D eigenvalue weighted by Crippen LogP contribution is 2.21. The standard InChI is InChI=1S/C12H19NS/c1-3-13-9-6-10-14-12-8-5-4-7-11(12)2/h4-5,7-8,13H,3,6,9-10H2,1-2H3. The topological polar surface area (TPSA) is 12.0 Å². The van der Waals surface area contributed by atoms with Gasteiger partial charge >= 0.3 is 0 Å². The van der Waals surface area contributed by atoms with Crippen molar-refractivity contribution < 1.29 is 0 Å². The molecular formula is C12H19NS. The van der Waals surface area contributed by atoms with Gasteiger partial charge in [0.25, 0.3) is 0 Å². The van der Waals surface area contributed by atoms with E-state index in [0.717, 1.165) is 13.1 Å². The van der Waals surface area contributed by atoms with Crippen molar-refractivity contribution in [1.29, 1.82) is 0 Å². The van der Waals surface area contributed by atoms with Gasteiger partial charge in [-0.15, -0.1) is 11.8 Å². The molecule has 0 aromatic heterocycles. The quantitative estimate of drug-likeness (QED) is 0.571. The van der Waals surface area contributed by atoms with Crippen molar-refractivity contribution in [2.24, 2.45) is 0 Å². The fourth-order valence-electron chi connectivity index (χ4n) is 1.27. The summed E-state index contributed by atoms with van der Waals surface area (Å²) < 4.78 is 0. The van der Waals surface area contributed by atoms with E-state index in [-0.39, 0.29) is 0 Å². The van der Waals surface area contributed by atoms with Crippen LogP contribution in [-0.2, 0) is 0 Å². The first-order chi connectivity index (χ1) is 6.84. The second-order valence-corrected chi connectivity index (χ2v) is 4.46. The summed E-state index contributed by atoms with van der Waals surface area (Å²) >= 11 is 1.96. The van der Waals surface area contributed by atoms with Crippen molar-refractivity contribution in [3.8, 4) is 0 Å². The van der Waals surface area contributed by atoms with E-state index in [0.29, 0.717) is 0 Å². The van der Waals surface area contributed by atoms with Crippen LogP contribution in [0.25, 0.3) is 0 Å². The van der Waals surface area contributed by atoms with Gasteiger partial charge in [-0.25, -0.2) is 0 Å². The van der Waals surface area contributed by atoms with Crippen molar-refractivity contribution in [2.45, 2.75) is 25.2 Å². The maximum absolute atomic E-state index is 3.34. The third kappa shape index (κ3) is 4.16. The summed E-state index contributed by atoms with van der Waals surface area (Å²) in [6.45, 7) is 6.53. The Morgan fingerprint density at radius 1 is 1.29 bits per heavy atom. The largest absolute Gasteiger partial charge is 0.317 e. The van der Waals surface area contributed by atoms with Crippen molar-refractivity contribution in [1.82, 2.24) is 5.32 Å². The Hall–Kier alpha value is -0.470.